The summed E-state index contributed by atoms with van der Waals surface area (Å²) in [7, 11) is 0. The highest BCUT2D eigenvalue weighted by Gasteiger charge is 2.29. The summed E-state index contributed by atoms with van der Waals surface area (Å²) >= 11 is 0. The van der Waals surface area contributed by atoms with Crippen molar-refractivity contribution in [1.82, 2.24) is 5.32 Å². The third-order valence-corrected chi connectivity index (χ3v) is 6.87. The number of carbonyl (C=O) groups is 1. The van der Waals surface area contributed by atoms with Gasteiger partial charge in [0.25, 0.3) is 0 Å². The summed E-state index contributed by atoms with van der Waals surface area (Å²) in [6, 6.07) is 33.2. The monoisotopic (exact) mass is 509 g/mol. The first-order valence-electron chi connectivity index (χ1n) is 12.8. The number of rotatable bonds is 10. The maximum absolute atomic E-state index is 12.4. The van der Waals surface area contributed by atoms with Gasteiger partial charge >= 0.3 is 6.09 Å². The molecular weight excluding hydrogens is 478 g/mol. The van der Waals surface area contributed by atoms with Crippen LogP contribution in [-0.4, -0.2) is 35.6 Å². The van der Waals surface area contributed by atoms with E-state index in [0.717, 1.165) is 16.7 Å². The van der Waals surface area contributed by atoms with Gasteiger partial charge in [0, 0.05) is 12.5 Å². The summed E-state index contributed by atoms with van der Waals surface area (Å²) in [5.41, 5.74) is 6.22. The van der Waals surface area contributed by atoms with Crippen molar-refractivity contribution in [2.24, 2.45) is 0 Å². The predicted octanol–water partition coefficient (Wildman–Crippen LogP) is 5.59. The summed E-state index contributed by atoms with van der Waals surface area (Å²) in [6.07, 6.45) is -2.56. The number of aliphatic hydroxyl groups excluding tert-OH is 2. The smallest absolute Gasteiger partial charge is 0.407 e. The average molecular weight is 510 g/mol. The van der Waals surface area contributed by atoms with E-state index in [1.54, 1.807) is 18.2 Å². The molecule has 2 atom stereocenters. The zero-order valence-electron chi connectivity index (χ0n) is 21.0. The molecule has 194 valence electrons. The van der Waals surface area contributed by atoms with Gasteiger partial charge in [-0.2, -0.15) is 0 Å². The largest absolute Gasteiger partial charge is 0.489 e. The van der Waals surface area contributed by atoms with Crippen molar-refractivity contribution in [3.63, 3.8) is 0 Å². The lowest BCUT2D eigenvalue weighted by Crippen LogP contribution is -2.30. The lowest BCUT2D eigenvalue weighted by Gasteiger charge is -2.19. The van der Waals surface area contributed by atoms with Crippen LogP contribution < -0.4 is 10.1 Å². The second kappa shape index (κ2) is 11.9. The van der Waals surface area contributed by atoms with E-state index in [4.69, 9.17) is 9.47 Å². The van der Waals surface area contributed by atoms with Crippen LogP contribution in [0.15, 0.2) is 103 Å². The first kappa shape index (κ1) is 25.5. The van der Waals surface area contributed by atoms with Gasteiger partial charge in [0.05, 0.1) is 6.10 Å². The van der Waals surface area contributed by atoms with Crippen molar-refractivity contribution < 1.29 is 24.5 Å². The molecule has 1 aliphatic carbocycles. The molecule has 0 spiro atoms. The zero-order valence-corrected chi connectivity index (χ0v) is 21.0. The minimum Gasteiger partial charge on any atom is -0.489 e. The Balaban J connectivity index is 1.09. The molecule has 0 heterocycles. The number of hydrogen-bond acceptors (Lipinski definition) is 5. The van der Waals surface area contributed by atoms with Crippen LogP contribution >= 0.6 is 0 Å². The third kappa shape index (κ3) is 5.88. The first-order valence-corrected chi connectivity index (χ1v) is 12.8. The number of fused-ring (bicyclic) bond motifs is 3. The number of hydrogen-bond donors (Lipinski definition) is 3. The van der Waals surface area contributed by atoms with Crippen LogP contribution in [-0.2, 0) is 11.3 Å². The number of benzene rings is 4. The fourth-order valence-corrected chi connectivity index (χ4v) is 4.88. The van der Waals surface area contributed by atoms with Crippen molar-refractivity contribution >= 4 is 6.09 Å². The molecule has 2 unspecified atom stereocenters. The van der Waals surface area contributed by atoms with Crippen LogP contribution in [0.1, 0.15) is 40.7 Å². The van der Waals surface area contributed by atoms with E-state index < -0.39 is 18.3 Å². The van der Waals surface area contributed by atoms with Gasteiger partial charge in [-0.15, -0.1) is 0 Å². The van der Waals surface area contributed by atoms with Crippen molar-refractivity contribution in [1.29, 1.82) is 0 Å². The summed E-state index contributed by atoms with van der Waals surface area (Å²) in [6.45, 7) is 0.799. The normalized spacial score (nSPS) is 13.7. The second-order valence-electron chi connectivity index (χ2n) is 9.40. The number of alkyl carbamates (subject to hydrolysis) is 1. The van der Waals surface area contributed by atoms with Gasteiger partial charge in [0.1, 0.15) is 25.1 Å². The SMILES string of the molecule is O=C(NCCC(O)C(O)c1cccc(OCc2ccccc2)c1)OCC1c2ccccc2-c2ccccc21. The number of amides is 1. The van der Waals surface area contributed by atoms with Crippen LogP contribution in [0.5, 0.6) is 5.75 Å². The Kier molecular flexibility index (Phi) is 8.02. The first-order chi connectivity index (χ1) is 18.6. The molecule has 0 aliphatic heterocycles. The van der Waals surface area contributed by atoms with Crippen LogP contribution in [0.25, 0.3) is 11.1 Å². The van der Waals surface area contributed by atoms with Crippen molar-refractivity contribution in [2.45, 2.75) is 31.2 Å². The average Bonchev–Trinajstić information content (AvgIpc) is 3.29. The number of aliphatic hydroxyl groups is 2. The summed E-state index contributed by atoms with van der Waals surface area (Å²) in [4.78, 5) is 12.4. The maximum atomic E-state index is 12.4. The molecule has 5 rings (SSSR count). The van der Waals surface area contributed by atoms with E-state index in [0.29, 0.717) is 17.9 Å². The molecule has 0 fully saturated rings. The van der Waals surface area contributed by atoms with Crippen molar-refractivity contribution in [2.75, 3.05) is 13.2 Å². The molecular formula is C32H31NO5. The molecule has 0 radical (unpaired) electrons. The third-order valence-electron chi connectivity index (χ3n) is 6.87. The molecule has 0 aromatic heterocycles. The van der Waals surface area contributed by atoms with Gasteiger partial charge in [-0.3, -0.25) is 0 Å². The summed E-state index contributed by atoms with van der Waals surface area (Å²) in [5, 5.41) is 23.9. The van der Waals surface area contributed by atoms with Crippen molar-refractivity contribution in [3.05, 3.63) is 125 Å². The molecule has 1 aliphatic rings. The highest BCUT2D eigenvalue weighted by molar-refractivity contribution is 5.79. The number of carbonyl (C=O) groups excluding carboxylic acids is 1. The van der Waals surface area contributed by atoms with E-state index >= 15 is 0 Å². The number of ether oxygens (including phenoxy) is 2. The maximum Gasteiger partial charge on any atom is 0.407 e. The fraction of sp³-hybridized carbons (Fsp3) is 0.219. The highest BCUT2D eigenvalue weighted by atomic mass is 16.5. The van der Waals surface area contributed by atoms with Crippen LogP contribution in [0.4, 0.5) is 4.79 Å². The second-order valence-corrected chi connectivity index (χ2v) is 9.40. The quantitative estimate of drug-likeness (QED) is 0.259. The molecule has 38 heavy (non-hydrogen) atoms. The van der Waals surface area contributed by atoms with E-state index in [-0.39, 0.29) is 25.5 Å². The summed E-state index contributed by atoms with van der Waals surface area (Å²) < 4.78 is 11.4. The number of nitrogens with one attached hydrogen (secondary N) is 1. The van der Waals surface area contributed by atoms with E-state index in [9.17, 15) is 15.0 Å². The van der Waals surface area contributed by atoms with Gasteiger partial charge in [-0.1, -0.05) is 91.0 Å². The Morgan fingerprint density at radius 3 is 2.18 bits per heavy atom. The Morgan fingerprint density at radius 2 is 1.47 bits per heavy atom. The van der Waals surface area contributed by atoms with Crippen LogP contribution in [0.3, 0.4) is 0 Å². The lowest BCUT2D eigenvalue weighted by atomic mass is 9.98. The minimum atomic E-state index is -1.11. The van der Waals surface area contributed by atoms with E-state index in [1.165, 1.54) is 11.1 Å². The minimum absolute atomic E-state index is 0.0167. The lowest BCUT2D eigenvalue weighted by molar-refractivity contribution is 0.0135. The van der Waals surface area contributed by atoms with Crippen LogP contribution in [0, 0.1) is 0 Å². The Morgan fingerprint density at radius 1 is 0.816 bits per heavy atom. The van der Waals surface area contributed by atoms with Gasteiger partial charge in [-0.05, 0) is 51.9 Å². The molecule has 6 heteroatoms. The highest BCUT2D eigenvalue weighted by Crippen LogP contribution is 2.44. The Bertz CT molecular complexity index is 1330. The van der Waals surface area contributed by atoms with Crippen molar-refractivity contribution in [3.8, 4) is 16.9 Å². The fourth-order valence-electron chi connectivity index (χ4n) is 4.88. The van der Waals surface area contributed by atoms with Gasteiger partial charge in [0.2, 0.25) is 0 Å². The molecule has 6 nitrogen and oxygen atoms in total. The molecule has 0 saturated carbocycles. The van der Waals surface area contributed by atoms with E-state index in [2.05, 4.69) is 29.6 Å². The topological polar surface area (TPSA) is 88.0 Å². The van der Waals surface area contributed by atoms with Gasteiger partial charge in [-0.25, -0.2) is 4.79 Å². The molecule has 1 amide bonds. The van der Waals surface area contributed by atoms with Crippen LogP contribution in [0.2, 0.25) is 0 Å². The molecule has 4 aromatic rings. The van der Waals surface area contributed by atoms with Gasteiger partial charge < -0.3 is 25.0 Å². The predicted molar refractivity (Wildman–Crippen MR) is 146 cm³/mol. The Hall–Kier alpha value is -4.13. The summed E-state index contributed by atoms with van der Waals surface area (Å²) in [5.74, 6) is 0.589. The molecule has 0 bridgehead atoms. The molecule has 3 N–H and O–H groups in total. The standard InChI is InChI=1S/C32H31NO5/c34-30(31(35)23-11-8-12-24(19-23)37-20-22-9-2-1-3-10-22)17-18-33-32(36)38-21-29-27-15-6-4-13-25(27)26-14-5-7-16-28(26)29/h1-16,19,29-31,34-35H,17-18,20-21H2,(H,33,36). The van der Waals surface area contributed by atoms with Gasteiger partial charge in [0.15, 0.2) is 0 Å². The Labute approximate surface area is 222 Å². The zero-order chi connectivity index (χ0) is 26.3. The molecule has 4 aromatic carbocycles. The van der Waals surface area contributed by atoms with E-state index in [1.807, 2.05) is 60.7 Å². The molecule has 0 saturated heterocycles.